The number of halogens is 5. The van der Waals surface area contributed by atoms with Crippen LogP contribution in [0, 0.1) is 29.4 Å². The zero-order valence-electron chi connectivity index (χ0n) is 13.6. The first kappa shape index (κ1) is 17.5. The first-order chi connectivity index (χ1) is 11.2. The monoisotopic (exact) mass is 348 g/mol. The Morgan fingerprint density at radius 1 is 1.00 bits per heavy atom. The number of benzene rings is 1. The molecule has 0 aliphatic heterocycles. The first-order valence-electron chi connectivity index (χ1n) is 8.50. The zero-order valence-corrected chi connectivity index (χ0v) is 13.6. The van der Waals surface area contributed by atoms with Crippen LogP contribution >= 0.6 is 0 Å². The number of rotatable bonds is 2. The van der Waals surface area contributed by atoms with Gasteiger partial charge in [-0.15, -0.1) is 13.2 Å². The molecule has 3 rings (SSSR count). The van der Waals surface area contributed by atoms with Crippen LogP contribution in [0.1, 0.15) is 50.2 Å². The average molecular weight is 348 g/mol. The van der Waals surface area contributed by atoms with Crippen molar-refractivity contribution in [3.05, 3.63) is 28.8 Å². The van der Waals surface area contributed by atoms with E-state index in [1.54, 1.807) is 0 Å². The summed E-state index contributed by atoms with van der Waals surface area (Å²) in [4.78, 5) is 0. The Balaban J connectivity index is 1.80. The third kappa shape index (κ3) is 3.67. The fraction of sp³-hybridized carbons (Fsp3) is 0.667. The summed E-state index contributed by atoms with van der Waals surface area (Å²) in [6, 6.07) is 1.02. The van der Waals surface area contributed by atoms with Gasteiger partial charge in [0.05, 0.1) is 0 Å². The molecule has 6 heteroatoms. The topological polar surface area (TPSA) is 9.23 Å². The largest absolute Gasteiger partial charge is 0.573 e. The SMILES string of the molecule is CC1CCC(C2CCc3c(cc(F)c(OC(F)(F)F)c3F)C2)CC1. The molecule has 1 unspecified atom stereocenters. The van der Waals surface area contributed by atoms with E-state index in [9.17, 15) is 22.0 Å². The highest BCUT2D eigenvalue weighted by atomic mass is 19.4. The lowest BCUT2D eigenvalue weighted by molar-refractivity contribution is -0.276. The highest BCUT2D eigenvalue weighted by Crippen LogP contribution is 2.42. The molecule has 0 heterocycles. The van der Waals surface area contributed by atoms with Gasteiger partial charge in [-0.05, 0) is 67.1 Å². The van der Waals surface area contributed by atoms with Crippen molar-refractivity contribution in [2.45, 2.75) is 58.2 Å². The molecule has 1 saturated carbocycles. The van der Waals surface area contributed by atoms with Crippen LogP contribution in [0.3, 0.4) is 0 Å². The third-order valence-corrected chi connectivity index (χ3v) is 5.56. The van der Waals surface area contributed by atoms with E-state index in [1.165, 1.54) is 12.8 Å². The van der Waals surface area contributed by atoms with E-state index in [0.717, 1.165) is 31.2 Å². The molecule has 0 saturated heterocycles. The van der Waals surface area contributed by atoms with Gasteiger partial charge in [-0.25, -0.2) is 8.78 Å². The summed E-state index contributed by atoms with van der Waals surface area (Å²) in [5.74, 6) is -2.16. The number of fused-ring (bicyclic) bond motifs is 1. The summed E-state index contributed by atoms with van der Waals surface area (Å²) in [6.45, 7) is 2.24. The predicted molar refractivity (Wildman–Crippen MR) is 79.7 cm³/mol. The number of hydrogen-bond acceptors (Lipinski definition) is 1. The number of alkyl halides is 3. The second-order valence-electron chi connectivity index (χ2n) is 7.21. The van der Waals surface area contributed by atoms with Crippen molar-refractivity contribution >= 4 is 0 Å². The Kier molecular flexibility index (Phi) is 4.76. The van der Waals surface area contributed by atoms with Crippen molar-refractivity contribution in [1.29, 1.82) is 0 Å². The van der Waals surface area contributed by atoms with E-state index in [2.05, 4.69) is 11.7 Å². The molecule has 0 N–H and O–H groups in total. The van der Waals surface area contributed by atoms with E-state index in [4.69, 9.17) is 0 Å². The van der Waals surface area contributed by atoms with Crippen molar-refractivity contribution in [1.82, 2.24) is 0 Å². The minimum Gasteiger partial charge on any atom is -0.399 e. The van der Waals surface area contributed by atoms with Crippen LogP contribution < -0.4 is 4.74 Å². The maximum absolute atomic E-state index is 14.3. The first-order valence-corrected chi connectivity index (χ1v) is 8.50. The molecular weight excluding hydrogens is 327 g/mol. The molecule has 1 nitrogen and oxygen atoms in total. The van der Waals surface area contributed by atoms with Gasteiger partial charge in [-0.3, -0.25) is 0 Å². The average Bonchev–Trinajstić information content (AvgIpc) is 2.51. The zero-order chi connectivity index (χ0) is 17.5. The Morgan fingerprint density at radius 2 is 1.67 bits per heavy atom. The smallest absolute Gasteiger partial charge is 0.399 e. The lowest BCUT2D eigenvalue weighted by atomic mass is 9.70. The van der Waals surface area contributed by atoms with Gasteiger partial charge in [-0.1, -0.05) is 19.8 Å². The Morgan fingerprint density at radius 3 is 2.29 bits per heavy atom. The van der Waals surface area contributed by atoms with Crippen LogP contribution in [0.4, 0.5) is 22.0 Å². The second-order valence-corrected chi connectivity index (χ2v) is 7.21. The van der Waals surface area contributed by atoms with Crippen LogP contribution in [0.25, 0.3) is 0 Å². The van der Waals surface area contributed by atoms with E-state index in [-0.39, 0.29) is 5.56 Å². The quantitative estimate of drug-likeness (QED) is 0.614. The molecule has 0 aromatic heterocycles. The summed E-state index contributed by atoms with van der Waals surface area (Å²) in [7, 11) is 0. The normalized spacial score (nSPS) is 27.7. The molecule has 1 fully saturated rings. The van der Waals surface area contributed by atoms with Gasteiger partial charge < -0.3 is 4.74 Å². The van der Waals surface area contributed by atoms with Crippen LogP contribution in [0.5, 0.6) is 5.75 Å². The lowest BCUT2D eigenvalue weighted by Gasteiger charge is -2.36. The van der Waals surface area contributed by atoms with Gasteiger partial charge in [0.2, 0.25) is 5.75 Å². The van der Waals surface area contributed by atoms with Crippen molar-refractivity contribution in [2.24, 2.45) is 17.8 Å². The molecule has 1 atom stereocenters. The molecule has 24 heavy (non-hydrogen) atoms. The van der Waals surface area contributed by atoms with E-state index < -0.39 is 23.7 Å². The van der Waals surface area contributed by atoms with Gasteiger partial charge >= 0.3 is 6.36 Å². The molecule has 0 radical (unpaired) electrons. The van der Waals surface area contributed by atoms with Crippen LogP contribution in [0.15, 0.2) is 6.07 Å². The van der Waals surface area contributed by atoms with Gasteiger partial charge in [0, 0.05) is 0 Å². The summed E-state index contributed by atoms with van der Waals surface area (Å²) in [5, 5.41) is 0. The fourth-order valence-electron chi connectivity index (χ4n) is 4.22. The highest BCUT2D eigenvalue weighted by molar-refractivity contribution is 5.41. The molecule has 1 aromatic carbocycles. The molecule has 2 aliphatic carbocycles. The van der Waals surface area contributed by atoms with E-state index in [0.29, 0.717) is 30.2 Å². The van der Waals surface area contributed by atoms with Crippen molar-refractivity contribution < 1.29 is 26.7 Å². The summed E-state index contributed by atoms with van der Waals surface area (Å²) < 4.78 is 68.7. The molecule has 134 valence electrons. The van der Waals surface area contributed by atoms with Crippen LogP contribution in [-0.4, -0.2) is 6.36 Å². The fourth-order valence-corrected chi connectivity index (χ4v) is 4.22. The standard InChI is InChI=1S/C18H21F5O/c1-10-2-4-11(5-3-10)12-6-7-14-13(8-12)9-15(19)17(16(14)20)24-18(21,22)23/h9-12H,2-8H2,1H3. The lowest BCUT2D eigenvalue weighted by Crippen LogP contribution is -2.27. The molecule has 2 aliphatic rings. The molecule has 0 spiro atoms. The van der Waals surface area contributed by atoms with Crippen molar-refractivity contribution in [2.75, 3.05) is 0 Å². The van der Waals surface area contributed by atoms with Gasteiger partial charge in [-0.2, -0.15) is 0 Å². The molecule has 0 bridgehead atoms. The third-order valence-electron chi connectivity index (χ3n) is 5.56. The van der Waals surface area contributed by atoms with E-state index >= 15 is 0 Å². The minimum absolute atomic E-state index is 0.177. The molecular formula is C18H21F5O. The molecule has 1 aromatic rings. The summed E-state index contributed by atoms with van der Waals surface area (Å²) in [5.41, 5.74) is 0.672. The summed E-state index contributed by atoms with van der Waals surface area (Å²) >= 11 is 0. The van der Waals surface area contributed by atoms with Gasteiger partial charge in [0.25, 0.3) is 0 Å². The number of ether oxygens (including phenoxy) is 1. The van der Waals surface area contributed by atoms with Gasteiger partial charge in [0.1, 0.15) is 0 Å². The van der Waals surface area contributed by atoms with Crippen LogP contribution in [0.2, 0.25) is 0 Å². The van der Waals surface area contributed by atoms with Crippen molar-refractivity contribution in [3.63, 3.8) is 0 Å². The highest BCUT2D eigenvalue weighted by Gasteiger charge is 2.37. The Bertz CT molecular complexity index is 602. The van der Waals surface area contributed by atoms with Crippen molar-refractivity contribution in [3.8, 4) is 5.75 Å². The second kappa shape index (κ2) is 6.52. The van der Waals surface area contributed by atoms with Gasteiger partial charge in [0.15, 0.2) is 11.6 Å². The molecule has 0 amide bonds. The summed E-state index contributed by atoms with van der Waals surface area (Å²) in [6.07, 6.45) is 1.11. The van der Waals surface area contributed by atoms with Crippen LogP contribution in [-0.2, 0) is 12.8 Å². The number of hydrogen-bond donors (Lipinski definition) is 0. The Hall–Kier alpha value is -1.33. The minimum atomic E-state index is -5.11. The maximum atomic E-state index is 14.3. The van der Waals surface area contributed by atoms with E-state index in [1.807, 2.05) is 0 Å². The Labute approximate surface area is 138 Å². The maximum Gasteiger partial charge on any atom is 0.573 e. The predicted octanol–water partition coefficient (Wildman–Crippen LogP) is 5.79.